The SMILES string of the molecule is O=C(Nc1ccc(N2CCOCC2)c(F)c1)c1cccc(OCc2cccnc2)c1. The van der Waals surface area contributed by atoms with E-state index in [-0.39, 0.29) is 11.7 Å². The highest BCUT2D eigenvalue weighted by atomic mass is 19.1. The van der Waals surface area contributed by atoms with Crippen molar-refractivity contribution in [3.05, 3.63) is 83.9 Å². The molecule has 0 aliphatic carbocycles. The fraction of sp³-hybridized carbons (Fsp3) is 0.217. The van der Waals surface area contributed by atoms with Gasteiger partial charge in [0.25, 0.3) is 5.91 Å². The van der Waals surface area contributed by atoms with Crippen LogP contribution in [0.1, 0.15) is 15.9 Å². The average molecular weight is 407 g/mol. The summed E-state index contributed by atoms with van der Waals surface area (Å²) in [5, 5.41) is 2.74. The predicted octanol–water partition coefficient (Wildman–Crippen LogP) is 3.89. The smallest absolute Gasteiger partial charge is 0.255 e. The van der Waals surface area contributed by atoms with Crippen LogP contribution in [0.5, 0.6) is 5.75 Å². The summed E-state index contributed by atoms with van der Waals surface area (Å²) in [6, 6.07) is 15.4. The van der Waals surface area contributed by atoms with E-state index in [9.17, 15) is 9.18 Å². The summed E-state index contributed by atoms with van der Waals surface area (Å²) in [5.41, 5.74) is 2.28. The van der Waals surface area contributed by atoms with Crippen LogP contribution in [-0.2, 0) is 11.3 Å². The highest BCUT2D eigenvalue weighted by Crippen LogP contribution is 2.24. The zero-order valence-electron chi connectivity index (χ0n) is 16.4. The molecule has 1 aliphatic heterocycles. The zero-order chi connectivity index (χ0) is 20.8. The number of pyridine rings is 1. The van der Waals surface area contributed by atoms with Crippen LogP contribution in [0.15, 0.2) is 67.0 Å². The normalized spacial score (nSPS) is 13.7. The molecule has 2 heterocycles. The van der Waals surface area contributed by atoms with Crippen LogP contribution in [0, 0.1) is 5.82 Å². The molecule has 0 atom stereocenters. The largest absolute Gasteiger partial charge is 0.489 e. The molecule has 1 N–H and O–H groups in total. The first kappa shape index (κ1) is 19.8. The maximum atomic E-state index is 14.6. The zero-order valence-corrected chi connectivity index (χ0v) is 16.4. The summed E-state index contributed by atoms with van der Waals surface area (Å²) in [7, 11) is 0. The first-order valence-corrected chi connectivity index (χ1v) is 9.74. The van der Waals surface area contributed by atoms with Crippen LogP contribution in [0.2, 0.25) is 0 Å². The van der Waals surface area contributed by atoms with E-state index in [1.54, 1.807) is 48.8 Å². The van der Waals surface area contributed by atoms with Gasteiger partial charge in [-0.3, -0.25) is 9.78 Å². The van der Waals surface area contributed by atoms with Gasteiger partial charge in [0.1, 0.15) is 18.2 Å². The quantitative estimate of drug-likeness (QED) is 0.672. The van der Waals surface area contributed by atoms with Crippen LogP contribution >= 0.6 is 0 Å². The van der Waals surface area contributed by atoms with Crippen molar-refractivity contribution in [3.63, 3.8) is 0 Å². The monoisotopic (exact) mass is 407 g/mol. The Kier molecular flexibility index (Phi) is 6.20. The molecule has 3 aromatic rings. The number of benzene rings is 2. The van der Waals surface area contributed by atoms with Gasteiger partial charge in [0.15, 0.2) is 0 Å². The standard InChI is InChI=1S/C23H22FN3O3/c24-21-14-19(6-7-22(21)27-9-11-29-12-10-27)26-23(28)18-4-1-5-20(13-18)30-16-17-3-2-8-25-15-17/h1-8,13-15H,9-12,16H2,(H,26,28). The number of nitrogens with one attached hydrogen (secondary N) is 1. The number of carbonyl (C=O) groups is 1. The van der Waals surface area contributed by atoms with Crippen LogP contribution in [0.3, 0.4) is 0 Å². The summed E-state index contributed by atoms with van der Waals surface area (Å²) in [5.74, 6) is -0.135. The number of anilines is 2. The fourth-order valence-corrected chi connectivity index (χ4v) is 3.23. The Labute approximate surface area is 174 Å². The van der Waals surface area contributed by atoms with E-state index >= 15 is 0 Å². The Morgan fingerprint density at radius 2 is 2.00 bits per heavy atom. The van der Waals surface area contributed by atoms with Gasteiger partial charge in [-0.1, -0.05) is 12.1 Å². The molecule has 7 heteroatoms. The molecule has 1 amide bonds. The first-order chi connectivity index (χ1) is 14.7. The van der Waals surface area contributed by atoms with Gasteiger partial charge < -0.3 is 19.7 Å². The van der Waals surface area contributed by atoms with Gasteiger partial charge in [0.2, 0.25) is 0 Å². The minimum atomic E-state index is -0.372. The number of halogens is 1. The Morgan fingerprint density at radius 3 is 2.77 bits per heavy atom. The number of morpholine rings is 1. The topological polar surface area (TPSA) is 63.7 Å². The third-order valence-electron chi connectivity index (χ3n) is 4.78. The van der Waals surface area contributed by atoms with E-state index in [2.05, 4.69) is 10.3 Å². The van der Waals surface area contributed by atoms with Crippen molar-refractivity contribution < 1.29 is 18.7 Å². The Bertz CT molecular complexity index is 1010. The van der Waals surface area contributed by atoms with E-state index in [1.807, 2.05) is 17.0 Å². The minimum absolute atomic E-state index is 0.333. The van der Waals surface area contributed by atoms with Crippen molar-refractivity contribution in [1.29, 1.82) is 0 Å². The highest BCUT2D eigenvalue weighted by molar-refractivity contribution is 6.04. The molecule has 0 radical (unpaired) electrons. The Balaban J connectivity index is 1.40. The molecule has 1 aliphatic rings. The number of nitrogens with zero attached hydrogens (tertiary/aromatic N) is 2. The Morgan fingerprint density at radius 1 is 1.13 bits per heavy atom. The number of hydrogen-bond acceptors (Lipinski definition) is 5. The van der Waals surface area contributed by atoms with E-state index in [4.69, 9.17) is 9.47 Å². The van der Waals surface area contributed by atoms with Crippen LogP contribution in [0.4, 0.5) is 15.8 Å². The van der Waals surface area contributed by atoms with Crippen molar-refractivity contribution in [1.82, 2.24) is 4.98 Å². The van der Waals surface area contributed by atoms with Crippen LogP contribution in [0.25, 0.3) is 0 Å². The van der Waals surface area contributed by atoms with Gasteiger partial charge in [0.05, 0.1) is 18.9 Å². The summed E-state index contributed by atoms with van der Waals surface area (Å²) >= 11 is 0. The summed E-state index contributed by atoms with van der Waals surface area (Å²) < 4.78 is 25.6. The molecule has 1 saturated heterocycles. The molecular formula is C23H22FN3O3. The summed E-state index contributed by atoms with van der Waals surface area (Å²) in [4.78, 5) is 18.6. The van der Waals surface area contributed by atoms with Gasteiger partial charge in [-0.05, 0) is 42.5 Å². The van der Waals surface area contributed by atoms with E-state index in [1.165, 1.54) is 6.07 Å². The van der Waals surface area contributed by atoms with Crippen molar-refractivity contribution in [2.45, 2.75) is 6.61 Å². The molecule has 0 bridgehead atoms. The van der Waals surface area contributed by atoms with E-state index < -0.39 is 0 Å². The third kappa shape index (κ3) is 4.93. The molecule has 0 unspecified atom stereocenters. The molecule has 1 fully saturated rings. The van der Waals surface area contributed by atoms with E-state index in [0.29, 0.717) is 55.6 Å². The molecule has 2 aromatic carbocycles. The number of ether oxygens (including phenoxy) is 2. The molecule has 6 nitrogen and oxygen atoms in total. The molecule has 30 heavy (non-hydrogen) atoms. The van der Waals surface area contributed by atoms with Gasteiger partial charge in [-0.25, -0.2) is 4.39 Å². The van der Waals surface area contributed by atoms with Crippen LogP contribution in [-0.4, -0.2) is 37.2 Å². The molecule has 154 valence electrons. The predicted molar refractivity (Wildman–Crippen MR) is 112 cm³/mol. The molecule has 1 aromatic heterocycles. The average Bonchev–Trinajstić information content (AvgIpc) is 2.79. The first-order valence-electron chi connectivity index (χ1n) is 9.74. The second-order valence-corrected chi connectivity index (χ2v) is 6.90. The highest BCUT2D eigenvalue weighted by Gasteiger charge is 2.16. The second-order valence-electron chi connectivity index (χ2n) is 6.90. The van der Waals surface area contributed by atoms with Crippen molar-refractivity contribution >= 4 is 17.3 Å². The summed E-state index contributed by atoms with van der Waals surface area (Å²) in [6.07, 6.45) is 3.43. The number of aromatic nitrogens is 1. The Hall–Kier alpha value is -3.45. The molecular weight excluding hydrogens is 385 g/mol. The minimum Gasteiger partial charge on any atom is -0.489 e. The lowest BCUT2D eigenvalue weighted by atomic mass is 10.2. The number of rotatable bonds is 6. The van der Waals surface area contributed by atoms with Crippen molar-refractivity contribution in [2.75, 3.05) is 36.5 Å². The molecule has 0 saturated carbocycles. The van der Waals surface area contributed by atoms with Crippen molar-refractivity contribution in [2.24, 2.45) is 0 Å². The van der Waals surface area contributed by atoms with Crippen molar-refractivity contribution in [3.8, 4) is 5.75 Å². The molecule has 4 rings (SSSR count). The van der Waals surface area contributed by atoms with Gasteiger partial charge >= 0.3 is 0 Å². The van der Waals surface area contributed by atoms with Gasteiger partial charge in [-0.2, -0.15) is 0 Å². The number of carbonyl (C=O) groups excluding carboxylic acids is 1. The lowest BCUT2D eigenvalue weighted by Crippen LogP contribution is -2.36. The lowest BCUT2D eigenvalue weighted by molar-refractivity contribution is 0.102. The van der Waals surface area contributed by atoms with Crippen LogP contribution < -0.4 is 15.0 Å². The maximum Gasteiger partial charge on any atom is 0.255 e. The fourth-order valence-electron chi connectivity index (χ4n) is 3.23. The number of amides is 1. The summed E-state index contributed by atoms with van der Waals surface area (Å²) in [6.45, 7) is 2.81. The lowest BCUT2D eigenvalue weighted by Gasteiger charge is -2.29. The molecule has 0 spiro atoms. The van der Waals surface area contributed by atoms with Gasteiger partial charge in [-0.15, -0.1) is 0 Å². The van der Waals surface area contributed by atoms with Gasteiger partial charge in [0, 0.05) is 42.3 Å². The third-order valence-corrected chi connectivity index (χ3v) is 4.78. The number of hydrogen-bond donors (Lipinski definition) is 1. The second kappa shape index (κ2) is 9.37. The van der Waals surface area contributed by atoms with E-state index in [0.717, 1.165) is 5.56 Å². The maximum absolute atomic E-state index is 14.6.